The number of nitrogens with zero attached hydrogens (tertiary/aromatic N) is 5. The molecule has 2 aromatic carbocycles. The summed E-state index contributed by atoms with van der Waals surface area (Å²) in [4.78, 5) is 22.7. The number of fused-ring (bicyclic) bond motifs is 1. The lowest BCUT2D eigenvalue weighted by atomic mass is 10.0. The Balaban J connectivity index is 1.36. The quantitative estimate of drug-likeness (QED) is 0.354. The summed E-state index contributed by atoms with van der Waals surface area (Å²) in [5, 5.41) is 12.9. The molecule has 0 aliphatic carbocycles. The van der Waals surface area contributed by atoms with Crippen LogP contribution in [0.3, 0.4) is 0 Å². The molecule has 0 atom stereocenters. The van der Waals surface area contributed by atoms with E-state index in [1.54, 1.807) is 24.3 Å². The largest absolute Gasteiger partial charge is 0.496 e. The van der Waals surface area contributed by atoms with E-state index in [1.165, 1.54) is 0 Å². The number of carbonyl (C=O) groups is 1. The first-order valence-electron chi connectivity index (χ1n) is 11.7. The van der Waals surface area contributed by atoms with Crippen LogP contribution in [0.4, 0.5) is 23.1 Å². The fourth-order valence-corrected chi connectivity index (χ4v) is 4.49. The maximum Gasteiger partial charge on any atom is 0.224 e. The number of halogens is 1. The first kappa shape index (κ1) is 23.6. The van der Waals surface area contributed by atoms with Gasteiger partial charge in [0.15, 0.2) is 5.82 Å². The van der Waals surface area contributed by atoms with Crippen LogP contribution in [-0.2, 0) is 17.6 Å². The molecule has 1 amide bonds. The van der Waals surface area contributed by atoms with Gasteiger partial charge in [0.25, 0.3) is 0 Å². The summed E-state index contributed by atoms with van der Waals surface area (Å²) in [6.45, 7) is 0.579. The van der Waals surface area contributed by atoms with Crippen LogP contribution in [0.2, 0.25) is 5.02 Å². The number of nitrogens with one attached hydrogen (secondary N) is 2. The molecule has 3 heterocycles. The molecule has 4 aromatic rings. The second-order valence-corrected chi connectivity index (χ2v) is 8.71. The van der Waals surface area contributed by atoms with Crippen LogP contribution >= 0.6 is 11.6 Å². The van der Waals surface area contributed by atoms with Gasteiger partial charge in [-0.15, -0.1) is 0 Å². The molecule has 0 radical (unpaired) electrons. The summed E-state index contributed by atoms with van der Waals surface area (Å²) in [6, 6.07) is 15.5. The van der Waals surface area contributed by atoms with Gasteiger partial charge in [-0.2, -0.15) is 14.9 Å². The Bertz CT molecular complexity index is 1350. The molecule has 1 aliphatic rings. The van der Waals surface area contributed by atoms with E-state index < -0.39 is 0 Å². The predicted octanol–water partition coefficient (Wildman–Crippen LogP) is 4.87. The Morgan fingerprint density at radius 3 is 2.81 bits per heavy atom. The molecule has 0 bridgehead atoms. The van der Waals surface area contributed by atoms with E-state index in [0.717, 1.165) is 41.1 Å². The van der Waals surface area contributed by atoms with E-state index in [4.69, 9.17) is 21.3 Å². The fourth-order valence-electron chi connectivity index (χ4n) is 4.32. The molecule has 5 rings (SSSR count). The summed E-state index contributed by atoms with van der Waals surface area (Å²) in [7, 11) is 1.67. The number of hydrogen-bond acceptors (Lipinski definition) is 7. The van der Waals surface area contributed by atoms with Crippen molar-refractivity contribution < 1.29 is 9.53 Å². The Labute approximate surface area is 214 Å². The van der Waals surface area contributed by atoms with Crippen LogP contribution in [0, 0.1) is 0 Å². The first-order chi connectivity index (χ1) is 17.6. The molecule has 2 N–H and O–H groups in total. The van der Waals surface area contributed by atoms with E-state index >= 15 is 0 Å². The summed E-state index contributed by atoms with van der Waals surface area (Å²) < 4.78 is 5.75. The molecular formula is C26H26ClN7O2. The van der Waals surface area contributed by atoms with E-state index in [2.05, 4.69) is 20.7 Å². The predicted molar refractivity (Wildman–Crippen MR) is 140 cm³/mol. The number of carbonyl (C=O) groups excluding carboxylic acids is 1. The van der Waals surface area contributed by atoms with E-state index in [9.17, 15) is 4.79 Å². The van der Waals surface area contributed by atoms with Gasteiger partial charge in [0, 0.05) is 30.4 Å². The highest BCUT2D eigenvalue weighted by Crippen LogP contribution is 2.34. The summed E-state index contributed by atoms with van der Waals surface area (Å²) in [6.07, 6.45) is 7.90. The highest BCUT2D eigenvalue weighted by molar-refractivity contribution is 6.33. The van der Waals surface area contributed by atoms with Crippen molar-refractivity contribution in [2.45, 2.75) is 25.7 Å². The number of aromatic nitrogens is 4. The van der Waals surface area contributed by atoms with Gasteiger partial charge in [-0.3, -0.25) is 4.79 Å². The van der Waals surface area contributed by atoms with Crippen molar-refractivity contribution >= 4 is 40.6 Å². The van der Waals surface area contributed by atoms with Crippen LogP contribution in [0.25, 0.3) is 0 Å². The Hall–Kier alpha value is -4.11. The van der Waals surface area contributed by atoms with Gasteiger partial charge in [-0.05, 0) is 49.1 Å². The van der Waals surface area contributed by atoms with Crippen molar-refractivity contribution in [2.75, 3.05) is 29.3 Å². The molecule has 10 heteroatoms. The number of amides is 1. The molecule has 184 valence electrons. The summed E-state index contributed by atoms with van der Waals surface area (Å²) in [5.41, 5.74) is 3.78. The van der Waals surface area contributed by atoms with Crippen molar-refractivity contribution in [1.82, 2.24) is 19.9 Å². The molecule has 1 aliphatic heterocycles. The number of rotatable bonds is 8. The van der Waals surface area contributed by atoms with Crippen molar-refractivity contribution in [3.63, 3.8) is 0 Å². The lowest BCUT2D eigenvalue weighted by molar-refractivity contribution is -0.116. The zero-order valence-electron chi connectivity index (χ0n) is 19.8. The van der Waals surface area contributed by atoms with Crippen LogP contribution in [-0.4, -0.2) is 39.4 Å². The van der Waals surface area contributed by atoms with Gasteiger partial charge in [0.05, 0.1) is 25.2 Å². The minimum atomic E-state index is 0.0422. The minimum absolute atomic E-state index is 0.0422. The molecule has 0 saturated carbocycles. The van der Waals surface area contributed by atoms with Crippen LogP contribution < -0.4 is 20.4 Å². The summed E-state index contributed by atoms with van der Waals surface area (Å²) in [5.74, 6) is 1.81. The van der Waals surface area contributed by atoms with Gasteiger partial charge in [0.1, 0.15) is 10.8 Å². The molecule has 0 spiro atoms. The van der Waals surface area contributed by atoms with Gasteiger partial charge >= 0.3 is 0 Å². The number of methoxy groups -OCH3 is 1. The second kappa shape index (κ2) is 10.7. The number of hydrogen-bond donors (Lipinski definition) is 2. The summed E-state index contributed by atoms with van der Waals surface area (Å²) >= 11 is 6.54. The van der Waals surface area contributed by atoms with Crippen LogP contribution in [0.5, 0.6) is 5.75 Å². The van der Waals surface area contributed by atoms with E-state index in [0.29, 0.717) is 36.2 Å². The third kappa shape index (κ3) is 4.96. The lowest BCUT2D eigenvalue weighted by Crippen LogP contribution is -2.26. The zero-order chi connectivity index (χ0) is 24.9. The Morgan fingerprint density at radius 2 is 2.03 bits per heavy atom. The van der Waals surface area contributed by atoms with E-state index in [1.807, 2.05) is 59.7 Å². The topological polar surface area (TPSA) is 97.2 Å². The van der Waals surface area contributed by atoms with Gasteiger partial charge in [-0.1, -0.05) is 35.9 Å². The third-order valence-electron chi connectivity index (χ3n) is 5.95. The third-order valence-corrected chi connectivity index (χ3v) is 6.22. The van der Waals surface area contributed by atoms with Gasteiger partial charge in [-0.25, -0.2) is 9.99 Å². The van der Waals surface area contributed by atoms with Crippen molar-refractivity contribution in [2.24, 2.45) is 0 Å². The van der Waals surface area contributed by atoms with Crippen molar-refractivity contribution in [3.05, 3.63) is 83.3 Å². The molecule has 0 unspecified atom stereocenters. The van der Waals surface area contributed by atoms with Gasteiger partial charge in [0.2, 0.25) is 11.9 Å². The molecule has 2 aromatic heterocycles. The monoisotopic (exact) mass is 503 g/mol. The normalized spacial score (nSPS) is 12.9. The number of anilines is 4. The maximum atomic E-state index is 11.9. The molecule has 0 fully saturated rings. The number of para-hydroxylation sites is 1. The zero-order valence-corrected chi connectivity index (χ0v) is 20.6. The second-order valence-electron chi connectivity index (χ2n) is 8.30. The Morgan fingerprint density at radius 1 is 1.17 bits per heavy atom. The molecular weight excluding hydrogens is 478 g/mol. The Kier molecular flexibility index (Phi) is 6.99. The van der Waals surface area contributed by atoms with Crippen molar-refractivity contribution in [1.29, 1.82) is 0 Å². The molecule has 36 heavy (non-hydrogen) atoms. The first-order valence-corrected chi connectivity index (χ1v) is 12.1. The van der Waals surface area contributed by atoms with E-state index in [-0.39, 0.29) is 5.91 Å². The average Bonchev–Trinajstić information content (AvgIpc) is 3.35. The smallest absolute Gasteiger partial charge is 0.224 e. The minimum Gasteiger partial charge on any atom is -0.496 e. The van der Waals surface area contributed by atoms with Crippen LogP contribution in [0.15, 0.2) is 67.1 Å². The van der Waals surface area contributed by atoms with Crippen LogP contribution in [0.1, 0.15) is 24.0 Å². The fraction of sp³-hybridized carbons (Fsp3) is 0.231. The average molecular weight is 504 g/mol. The lowest BCUT2D eigenvalue weighted by Gasteiger charge is -2.24. The molecule has 0 saturated heterocycles. The highest BCUT2D eigenvalue weighted by Gasteiger charge is 2.20. The standard InChI is InChI=1S/C26H26ClN7O2/c1-36-24-18(11-12-22-20(24)9-5-10-23(35)31-22)13-15-28-26-29-17-21(27)25(32-26)34(33-16-6-14-30-33)19-7-3-2-4-8-19/h2-4,6-8,11-12,14,16-17H,5,9-10,13,15H2,1H3,(H,31,35)(H,28,29,32). The molecule has 9 nitrogen and oxygen atoms in total. The van der Waals surface area contributed by atoms with Gasteiger partial charge < -0.3 is 15.4 Å². The van der Waals surface area contributed by atoms with Crippen molar-refractivity contribution in [3.8, 4) is 5.75 Å². The SMILES string of the molecule is COc1c(CCNc2ncc(Cl)c(N(c3ccccc3)n3cccn3)n2)ccc2c1CCCC(=O)N2. The highest BCUT2D eigenvalue weighted by atomic mass is 35.5. The maximum absolute atomic E-state index is 11.9. The number of benzene rings is 2. The number of ether oxygens (including phenoxy) is 1.